The molecule has 2 aliphatic rings. The molecule has 2 amide bonds. The van der Waals surface area contributed by atoms with Crippen LogP contribution in [0.5, 0.6) is 0 Å². The average molecular weight is 572 g/mol. The predicted octanol–water partition coefficient (Wildman–Crippen LogP) is 5.42. The van der Waals surface area contributed by atoms with E-state index in [-0.39, 0.29) is 39.3 Å². The van der Waals surface area contributed by atoms with E-state index < -0.39 is 34.7 Å². The summed E-state index contributed by atoms with van der Waals surface area (Å²) in [7, 11) is 2.86. The molecule has 0 spiro atoms. The molecule has 1 atom stereocenters. The van der Waals surface area contributed by atoms with Crippen LogP contribution in [0.3, 0.4) is 0 Å². The Morgan fingerprint density at radius 1 is 1.13 bits per heavy atom. The Bertz CT molecular complexity index is 1260. The molecule has 11 heteroatoms. The summed E-state index contributed by atoms with van der Waals surface area (Å²) in [6.07, 6.45) is -3.44. The second-order valence-corrected chi connectivity index (χ2v) is 10.9. The van der Waals surface area contributed by atoms with Crippen molar-refractivity contribution < 1.29 is 27.9 Å². The first-order valence-electron chi connectivity index (χ1n) is 12.4. The molecule has 2 aromatic carbocycles. The molecule has 0 aromatic heterocycles. The highest BCUT2D eigenvalue weighted by Crippen LogP contribution is 2.53. The lowest BCUT2D eigenvalue weighted by atomic mass is 9.78. The fraction of sp³-hybridized carbons (Fsp3) is 0.481. The zero-order valence-corrected chi connectivity index (χ0v) is 23.1. The fourth-order valence-electron chi connectivity index (χ4n) is 5.60. The van der Waals surface area contributed by atoms with Crippen molar-refractivity contribution in [2.24, 2.45) is 5.92 Å². The van der Waals surface area contributed by atoms with Gasteiger partial charge in [-0.05, 0) is 56.1 Å². The van der Waals surface area contributed by atoms with Gasteiger partial charge in [-0.15, -0.1) is 0 Å². The molecule has 206 valence electrons. The third-order valence-corrected chi connectivity index (χ3v) is 8.13. The van der Waals surface area contributed by atoms with E-state index in [0.29, 0.717) is 12.1 Å². The van der Waals surface area contributed by atoms with E-state index in [9.17, 15) is 27.9 Å². The Labute approximate surface area is 229 Å². The number of alkyl halides is 3. The highest BCUT2D eigenvalue weighted by atomic mass is 35.5. The van der Waals surface area contributed by atoms with Crippen molar-refractivity contribution in [3.8, 4) is 0 Å². The minimum absolute atomic E-state index is 0.0167. The van der Waals surface area contributed by atoms with E-state index in [2.05, 4.69) is 18.7 Å². The monoisotopic (exact) mass is 571 g/mol. The van der Waals surface area contributed by atoms with Crippen LogP contribution in [0.2, 0.25) is 10.0 Å². The van der Waals surface area contributed by atoms with Crippen LogP contribution in [0, 0.1) is 5.92 Å². The Kier molecular flexibility index (Phi) is 7.80. The summed E-state index contributed by atoms with van der Waals surface area (Å²) in [6.45, 7) is 5.98. The number of benzene rings is 2. The number of halogens is 5. The Morgan fingerprint density at radius 3 is 2.29 bits per heavy atom. The van der Waals surface area contributed by atoms with Gasteiger partial charge in [-0.25, -0.2) is 0 Å². The molecule has 1 fully saturated rings. The number of hydrogen-bond donors (Lipinski definition) is 1. The minimum Gasteiger partial charge on any atom is -0.372 e. The third-order valence-electron chi connectivity index (χ3n) is 7.58. The van der Waals surface area contributed by atoms with Crippen LogP contribution < -0.4 is 4.90 Å². The van der Waals surface area contributed by atoms with Gasteiger partial charge in [-0.3, -0.25) is 9.59 Å². The van der Waals surface area contributed by atoms with E-state index in [1.807, 2.05) is 0 Å². The molecule has 0 bridgehead atoms. The van der Waals surface area contributed by atoms with Crippen molar-refractivity contribution in [2.45, 2.75) is 44.5 Å². The zero-order valence-electron chi connectivity index (χ0n) is 21.6. The van der Waals surface area contributed by atoms with Crippen LogP contribution in [0.4, 0.5) is 18.9 Å². The maximum atomic E-state index is 14.5. The van der Waals surface area contributed by atoms with E-state index in [1.54, 1.807) is 0 Å². The van der Waals surface area contributed by atoms with E-state index in [0.717, 1.165) is 30.8 Å². The predicted molar refractivity (Wildman–Crippen MR) is 141 cm³/mol. The summed E-state index contributed by atoms with van der Waals surface area (Å²) in [4.78, 5) is 31.3. The van der Waals surface area contributed by atoms with Gasteiger partial charge in [0.15, 0.2) is 5.60 Å². The molecule has 4 rings (SSSR count). The average Bonchev–Trinajstić information content (AvgIpc) is 3.03. The van der Waals surface area contributed by atoms with E-state index >= 15 is 0 Å². The Morgan fingerprint density at radius 2 is 1.76 bits per heavy atom. The van der Waals surface area contributed by atoms with Gasteiger partial charge in [-0.2, -0.15) is 13.2 Å². The SMILES string of the molecule is CCN(CC)C1CC(CN2C(=O)C(O)(c3ccc(Cl)cc3Cl)c3c2cc(C(=O)N(C)C)cc3C(F)(F)F)C1. The molecule has 6 nitrogen and oxygen atoms in total. The first-order chi connectivity index (χ1) is 17.7. The molecule has 38 heavy (non-hydrogen) atoms. The molecule has 1 aliphatic carbocycles. The Hall–Kier alpha value is -2.33. The van der Waals surface area contributed by atoms with Crippen LogP contribution in [0.25, 0.3) is 0 Å². The number of anilines is 1. The third kappa shape index (κ3) is 4.78. The second kappa shape index (κ2) is 10.3. The van der Waals surface area contributed by atoms with Crippen molar-refractivity contribution in [3.05, 3.63) is 62.6 Å². The first-order valence-corrected chi connectivity index (χ1v) is 13.2. The number of carbonyl (C=O) groups is 2. The summed E-state index contributed by atoms with van der Waals surface area (Å²) in [5, 5.41) is 12.0. The highest BCUT2D eigenvalue weighted by Gasteiger charge is 2.57. The van der Waals surface area contributed by atoms with Gasteiger partial charge in [-0.1, -0.05) is 43.1 Å². The number of amides is 2. The number of rotatable bonds is 7. The van der Waals surface area contributed by atoms with Crippen molar-refractivity contribution in [1.82, 2.24) is 9.80 Å². The lowest BCUT2D eigenvalue weighted by Crippen LogP contribution is -2.50. The van der Waals surface area contributed by atoms with Gasteiger partial charge >= 0.3 is 6.18 Å². The molecule has 1 aliphatic heterocycles. The van der Waals surface area contributed by atoms with Crippen LogP contribution in [0.1, 0.15) is 53.7 Å². The van der Waals surface area contributed by atoms with Crippen molar-refractivity contribution in [2.75, 3.05) is 38.6 Å². The molecule has 1 N–H and O–H groups in total. The fourth-order valence-corrected chi connectivity index (χ4v) is 6.14. The van der Waals surface area contributed by atoms with Crippen LogP contribution in [-0.2, 0) is 16.6 Å². The molecular weight excluding hydrogens is 542 g/mol. The van der Waals surface area contributed by atoms with Gasteiger partial charge in [0, 0.05) is 53.4 Å². The first kappa shape index (κ1) is 28.7. The van der Waals surface area contributed by atoms with Crippen LogP contribution in [-0.4, -0.2) is 66.5 Å². The topological polar surface area (TPSA) is 64.1 Å². The molecule has 0 radical (unpaired) electrons. The lowest BCUT2D eigenvalue weighted by Gasteiger charge is -2.43. The minimum atomic E-state index is -4.97. The summed E-state index contributed by atoms with van der Waals surface area (Å²) in [6, 6.07) is 6.15. The molecule has 0 saturated heterocycles. The standard InChI is InChI=1S/C27H30Cl2F3N3O3/c1-5-34(6-2)18-9-15(10-18)14-35-22-12-16(24(36)33(3)4)11-20(27(30,31)32)23(22)26(38,25(35)37)19-8-7-17(28)13-21(19)29/h7-8,11-13,15,18,38H,5-6,9-10,14H2,1-4H3. The quantitative estimate of drug-likeness (QED) is 0.482. The summed E-state index contributed by atoms with van der Waals surface area (Å²) < 4.78 is 43.5. The molecule has 1 saturated carbocycles. The lowest BCUT2D eigenvalue weighted by molar-refractivity contribution is -0.142. The van der Waals surface area contributed by atoms with Crippen molar-refractivity contribution in [3.63, 3.8) is 0 Å². The smallest absolute Gasteiger partial charge is 0.372 e. The molecule has 1 heterocycles. The molecule has 1 unspecified atom stereocenters. The number of fused-ring (bicyclic) bond motifs is 1. The van der Waals surface area contributed by atoms with Gasteiger partial charge < -0.3 is 19.8 Å². The largest absolute Gasteiger partial charge is 0.416 e. The van der Waals surface area contributed by atoms with Crippen LogP contribution >= 0.6 is 23.2 Å². The van der Waals surface area contributed by atoms with Crippen molar-refractivity contribution >= 4 is 40.7 Å². The highest BCUT2D eigenvalue weighted by molar-refractivity contribution is 6.35. The number of hydrogen-bond acceptors (Lipinski definition) is 4. The van der Waals surface area contributed by atoms with Gasteiger partial charge in [0.1, 0.15) is 0 Å². The molecular formula is C27H30Cl2F3N3O3. The summed E-state index contributed by atoms with van der Waals surface area (Å²) in [5.41, 5.74) is -5.20. The number of carbonyl (C=O) groups excluding carboxylic acids is 2. The van der Waals surface area contributed by atoms with Gasteiger partial charge in [0.2, 0.25) is 0 Å². The normalized spacial score (nSPS) is 23.0. The summed E-state index contributed by atoms with van der Waals surface area (Å²) in [5.74, 6) is -1.58. The number of aliphatic hydroxyl groups is 1. The van der Waals surface area contributed by atoms with Gasteiger partial charge in [0.25, 0.3) is 11.8 Å². The maximum Gasteiger partial charge on any atom is 0.416 e. The molecule has 2 aromatic rings. The summed E-state index contributed by atoms with van der Waals surface area (Å²) >= 11 is 12.3. The van der Waals surface area contributed by atoms with E-state index in [1.165, 1.54) is 43.3 Å². The zero-order chi connectivity index (χ0) is 28.2. The van der Waals surface area contributed by atoms with Crippen molar-refractivity contribution in [1.29, 1.82) is 0 Å². The van der Waals surface area contributed by atoms with Crippen LogP contribution in [0.15, 0.2) is 30.3 Å². The number of nitrogens with zero attached hydrogens (tertiary/aromatic N) is 3. The Balaban J connectivity index is 1.88. The van der Waals surface area contributed by atoms with E-state index in [4.69, 9.17) is 23.2 Å². The maximum absolute atomic E-state index is 14.5. The second-order valence-electron chi connectivity index (χ2n) is 10.1. The van der Waals surface area contributed by atoms with Gasteiger partial charge in [0.05, 0.1) is 11.3 Å².